The highest BCUT2D eigenvalue weighted by Crippen LogP contribution is 2.49. The second-order valence-electron chi connectivity index (χ2n) is 11.8. The number of ether oxygens (including phenoxy) is 5. The molecule has 3 fully saturated rings. The predicted molar refractivity (Wildman–Crippen MR) is 158 cm³/mol. The molecule has 0 bridgehead atoms. The monoisotopic (exact) mass is 607 g/mol. The molecule has 1 N–H and O–H groups in total. The van der Waals surface area contributed by atoms with E-state index in [0.717, 1.165) is 68.0 Å². The number of hydrogen-bond donors (Lipinski definition) is 1. The Labute approximate surface area is 257 Å². The number of nitrogens with zero attached hydrogens (tertiary/aromatic N) is 6. The van der Waals surface area contributed by atoms with E-state index < -0.39 is 0 Å². The fraction of sp³-hybridized carbons (Fsp3) is 0.613. The summed E-state index contributed by atoms with van der Waals surface area (Å²) in [6.45, 7) is 5.29. The van der Waals surface area contributed by atoms with Crippen molar-refractivity contribution in [3.05, 3.63) is 41.5 Å². The van der Waals surface area contributed by atoms with Crippen LogP contribution in [0.25, 0.3) is 11.4 Å². The summed E-state index contributed by atoms with van der Waals surface area (Å²) < 4.78 is 30.5. The molecule has 13 heteroatoms. The second-order valence-corrected chi connectivity index (χ2v) is 11.8. The lowest BCUT2D eigenvalue weighted by molar-refractivity contribution is -0.151. The van der Waals surface area contributed by atoms with Crippen molar-refractivity contribution in [3.63, 3.8) is 0 Å². The summed E-state index contributed by atoms with van der Waals surface area (Å²) in [6, 6.07) is 5.87. The van der Waals surface area contributed by atoms with Gasteiger partial charge in [-0.3, -0.25) is 4.79 Å². The lowest BCUT2D eigenvalue weighted by Gasteiger charge is -2.24. The third-order valence-corrected chi connectivity index (χ3v) is 8.90. The minimum absolute atomic E-state index is 0.0445. The van der Waals surface area contributed by atoms with Crippen LogP contribution in [0.1, 0.15) is 49.2 Å². The summed E-state index contributed by atoms with van der Waals surface area (Å²) >= 11 is 0. The van der Waals surface area contributed by atoms with Gasteiger partial charge in [-0.1, -0.05) is 5.21 Å². The first-order valence-corrected chi connectivity index (χ1v) is 15.4. The largest absolute Gasteiger partial charge is 0.489 e. The number of pyridine rings is 1. The van der Waals surface area contributed by atoms with Crippen molar-refractivity contribution in [3.8, 4) is 23.1 Å². The number of morpholine rings is 1. The highest BCUT2D eigenvalue weighted by atomic mass is 16.5. The molecular formula is C31H41N7O6. The molecule has 1 saturated heterocycles. The molecule has 0 amide bonds. The summed E-state index contributed by atoms with van der Waals surface area (Å²) in [5, 5.41) is 11.9. The van der Waals surface area contributed by atoms with Crippen LogP contribution in [0.15, 0.2) is 24.4 Å². The Bertz CT molecular complexity index is 1430. The van der Waals surface area contributed by atoms with Gasteiger partial charge >= 0.3 is 12.0 Å². The summed E-state index contributed by atoms with van der Waals surface area (Å²) in [4.78, 5) is 26.3. The summed E-state index contributed by atoms with van der Waals surface area (Å²) in [6.07, 6.45) is 6.25. The molecule has 2 saturated carbocycles. The average Bonchev–Trinajstić information content (AvgIpc) is 3.72. The summed E-state index contributed by atoms with van der Waals surface area (Å²) in [7, 11) is 3.42. The number of rotatable bonds is 12. The molecule has 5 atom stereocenters. The van der Waals surface area contributed by atoms with Gasteiger partial charge in [0.15, 0.2) is 0 Å². The van der Waals surface area contributed by atoms with Gasteiger partial charge in [-0.2, -0.15) is 4.98 Å². The molecule has 44 heavy (non-hydrogen) atoms. The zero-order valence-electron chi connectivity index (χ0n) is 25.6. The number of nitrogens with one attached hydrogen (secondary N) is 1. The van der Waals surface area contributed by atoms with Gasteiger partial charge in [0.2, 0.25) is 0 Å². The Morgan fingerprint density at radius 3 is 2.89 bits per heavy atom. The van der Waals surface area contributed by atoms with Crippen LogP contribution >= 0.6 is 0 Å². The van der Waals surface area contributed by atoms with Crippen LogP contribution in [-0.2, 0) is 39.3 Å². The molecule has 4 heterocycles. The third kappa shape index (κ3) is 7.00. The molecule has 0 aromatic carbocycles. The van der Waals surface area contributed by atoms with E-state index in [4.69, 9.17) is 28.7 Å². The molecule has 0 spiro atoms. The Hall–Kier alpha value is -3.68. The van der Waals surface area contributed by atoms with Crippen molar-refractivity contribution in [1.82, 2.24) is 35.3 Å². The zero-order chi connectivity index (χ0) is 30.5. The minimum atomic E-state index is -0.0675. The second kappa shape index (κ2) is 14.0. The van der Waals surface area contributed by atoms with Crippen LogP contribution in [0.5, 0.6) is 11.8 Å². The van der Waals surface area contributed by atoms with E-state index in [1.165, 1.54) is 0 Å². The number of fused-ring (bicyclic) bond motifs is 1. The van der Waals surface area contributed by atoms with Crippen LogP contribution in [0.3, 0.4) is 0 Å². The maximum absolute atomic E-state index is 13.0. The maximum Gasteiger partial charge on any atom is 0.317 e. The number of aromatic nitrogens is 6. The number of carbonyl (C=O) groups is 1. The number of hydrogen-bond acceptors (Lipinski definition) is 12. The van der Waals surface area contributed by atoms with E-state index in [1.54, 1.807) is 24.1 Å². The molecule has 3 aromatic rings. The first kappa shape index (κ1) is 30.4. The van der Waals surface area contributed by atoms with Crippen molar-refractivity contribution in [2.45, 2.75) is 64.4 Å². The Kier molecular flexibility index (Phi) is 9.63. The van der Waals surface area contributed by atoms with Crippen LogP contribution in [0, 0.1) is 24.7 Å². The summed E-state index contributed by atoms with van der Waals surface area (Å²) in [5.74, 6) is 1.41. The topological polar surface area (TPSA) is 145 Å². The Balaban J connectivity index is 1.04. The van der Waals surface area contributed by atoms with Gasteiger partial charge in [0.05, 0.1) is 55.0 Å². The standard InChI is InChI=1S/C31H41N7O6/c1-19-28(44-23-14-20-4-5-24(25(20)15-23)30(39)42-12-9-22-16-32-11-13-41-22)7-6-26(34-19)29-27(38(2)37-36-29)18-43-31-33-10-8-21(35-31)17-40-3/h6-8,10,20,22-25,32H,4-5,9,11-18H2,1-3H3/t20-,22?,23-,24-,25+/m0/s1. The molecule has 1 aliphatic heterocycles. The number of methoxy groups -OCH3 is 1. The molecule has 6 rings (SSSR count). The predicted octanol–water partition coefficient (Wildman–Crippen LogP) is 2.81. The molecule has 13 nitrogen and oxygen atoms in total. The maximum atomic E-state index is 13.0. The lowest BCUT2D eigenvalue weighted by Crippen LogP contribution is -2.39. The number of esters is 1. The van der Waals surface area contributed by atoms with Crippen LogP contribution in [0.4, 0.5) is 0 Å². The highest BCUT2D eigenvalue weighted by molar-refractivity contribution is 5.73. The normalized spacial score (nSPS) is 24.7. The zero-order valence-corrected chi connectivity index (χ0v) is 25.6. The van der Waals surface area contributed by atoms with E-state index in [-0.39, 0.29) is 36.7 Å². The van der Waals surface area contributed by atoms with Gasteiger partial charge in [-0.25, -0.2) is 14.6 Å². The number of aryl methyl sites for hydroxylation is 2. The van der Waals surface area contributed by atoms with Crippen molar-refractivity contribution in [1.29, 1.82) is 0 Å². The smallest absolute Gasteiger partial charge is 0.317 e. The van der Waals surface area contributed by atoms with Gasteiger partial charge in [-0.15, -0.1) is 5.10 Å². The van der Waals surface area contributed by atoms with Crippen molar-refractivity contribution < 1.29 is 28.5 Å². The van der Waals surface area contributed by atoms with E-state index in [9.17, 15) is 4.79 Å². The number of carbonyl (C=O) groups excluding carboxylic acids is 1. The van der Waals surface area contributed by atoms with Crippen LogP contribution in [0.2, 0.25) is 0 Å². The molecule has 3 aliphatic rings. The Morgan fingerprint density at radius 2 is 2.07 bits per heavy atom. The Morgan fingerprint density at radius 1 is 1.16 bits per heavy atom. The molecule has 2 aliphatic carbocycles. The molecule has 1 unspecified atom stereocenters. The fourth-order valence-electron chi connectivity index (χ4n) is 6.66. The van der Waals surface area contributed by atoms with Gasteiger partial charge in [0.1, 0.15) is 23.7 Å². The van der Waals surface area contributed by atoms with Gasteiger partial charge in [0, 0.05) is 39.9 Å². The van der Waals surface area contributed by atoms with E-state index in [1.807, 2.05) is 26.1 Å². The van der Waals surface area contributed by atoms with Gasteiger partial charge in [0.25, 0.3) is 0 Å². The van der Waals surface area contributed by atoms with Crippen molar-refractivity contribution in [2.75, 3.05) is 33.4 Å². The van der Waals surface area contributed by atoms with Gasteiger partial charge < -0.3 is 29.0 Å². The highest BCUT2D eigenvalue weighted by Gasteiger charge is 2.47. The minimum Gasteiger partial charge on any atom is -0.489 e. The first-order valence-electron chi connectivity index (χ1n) is 15.4. The molecule has 3 aromatic heterocycles. The quantitative estimate of drug-likeness (QED) is 0.302. The van der Waals surface area contributed by atoms with E-state index in [2.05, 4.69) is 25.6 Å². The fourth-order valence-corrected chi connectivity index (χ4v) is 6.66. The van der Waals surface area contributed by atoms with E-state index in [0.29, 0.717) is 43.0 Å². The van der Waals surface area contributed by atoms with E-state index >= 15 is 0 Å². The van der Waals surface area contributed by atoms with Gasteiger partial charge in [-0.05, 0) is 62.6 Å². The molecular weight excluding hydrogens is 566 g/mol. The molecule has 0 radical (unpaired) electrons. The summed E-state index contributed by atoms with van der Waals surface area (Å²) in [5.41, 5.74) is 3.54. The van der Waals surface area contributed by atoms with Crippen molar-refractivity contribution >= 4 is 5.97 Å². The third-order valence-electron chi connectivity index (χ3n) is 8.90. The van der Waals surface area contributed by atoms with Crippen LogP contribution in [-0.4, -0.2) is 81.5 Å². The SMILES string of the molecule is COCc1ccnc(OCc2c(-c3ccc(O[C@H]4C[C@@H]5CC[C@H](C(=O)OCCC6CNCCO6)[C@@H]5C4)c(C)n3)nnn2C)n1. The average molecular weight is 608 g/mol. The lowest BCUT2D eigenvalue weighted by atomic mass is 9.92. The van der Waals surface area contributed by atoms with Crippen LogP contribution < -0.4 is 14.8 Å². The van der Waals surface area contributed by atoms with Crippen molar-refractivity contribution in [2.24, 2.45) is 24.8 Å². The molecule has 236 valence electrons. The first-order chi connectivity index (χ1) is 21.5.